The van der Waals surface area contributed by atoms with E-state index in [9.17, 15) is 40.7 Å². The maximum atomic E-state index is 14.2. The Balaban J connectivity index is 1.06. The van der Waals surface area contributed by atoms with Crippen molar-refractivity contribution in [3.8, 4) is 0 Å². The molecule has 1 aromatic carbocycles. The Kier molecular flexibility index (Phi) is 10.4. The third-order valence-electron chi connectivity index (χ3n) is 12.2. The fraction of sp³-hybridized carbons (Fsp3) is 0.639. The van der Waals surface area contributed by atoms with Gasteiger partial charge in [-0.05, 0) is 75.1 Å². The van der Waals surface area contributed by atoms with Gasteiger partial charge in [0.1, 0.15) is 0 Å². The number of alkyl halides is 6. The van der Waals surface area contributed by atoms with Crippen molar-refractivity contribution in [2.45, 2.75) is 94.4 Å². The highest BCUT2D eigenvalue weighted by Crippen LogP contribution is 2.43. The summed E-state index contributed by atoms with van der Waals surface area (Å²) in [4.78, 5) is 50.5. The van der Waals surface area contributed by atoms with Crippen LogP contribution in [-0.4, -0.2) is 113 Å². The van der Waals surface area contributed by atoms with E-state index >= 15 is 0 Å². The first-order chi connectivity index (χ1) is 25.1. The lowest BCUT2D eigenvalue weighted by molar-refractivity contribution is -0.143. The normalized spacial score (nSPS) is 25.4. The number of piperazine rings is 1. The molecule has 0 spiro atoms. The largest absolute Gasteiger partial charge is 0.418 e. The van der Waals surface area contributed by atoms with Crippen LogP contribution in [-0.2, 0) is 34.9 Å². The third-order valence-corrected chi connectivity index (χ3v) is 13.0. The number of anilines is 2. The molecular weight excluding hydrogens is 724 g/mol. The number of carbonyl (C=O) groups excluding carboxylic acids is 3. The molecule has 53 heavy (non-hydrogen) atoms. The minimum Gasteiger partial charge on any atom is -0.398 e. The predicted molar refractivity (Wildman–Crippen MR) is 187 cm³/mol. The van der Waals surface area contributed by atoms with E-state index in [1.807, 2.05) is 10.8 Å². The van der Waals surface area contributed by atoms with E-state index in [0.717, 1.165) is 24.1 Å². The smallest absolute Gasteiger partial charge is 0.398 e. The standard InChI is InChI=1S/C36H45F6N7O3S/c1-45-25-2-3-26(45)17-27(16-25)46-8-10-48(11-9-46)33(51)22(12-21-13-28(35(37,38)39)32(43)29(14-21)36(40,41)42)15-31(50)47-6-4-24(5-7-47)49-18-23-19-53-20-30(23)44-34(49)52/h13-14,19-20,22,24-27H,2-12,15-18,43H2,1H3,(H,44,52)/t22-,25?,26?,27?/m0/s1. The summed E-state index contributed by atoms with van der Waals surface area (Å²) >= 11 is 1.50. The number of piperidine rings is 2. The van der Waals surface area contributed by atoms with Crippen molar-refractivity contribution in [1.82, 2.24) is 24.5 Å². The highest BCUT2D eigenvalue weighted by atomic mass is 32.1. The van der Waals surface area contributed by atoms with Crippen molar-refractivity contribution >= 4 is 40.6 Å². The van der Waals surface area contributed by atoms with Crippen molar-refractivity contribution in [3.63, 3.8) is 0 Å². The average molecular weight is 770 g/mol. The van der Waals surface area contributed by atoms with Crippen LogP contribution in [0.4, 0.5) is 42.5 Å². The van der Waals surface area contributed by atoms with E-state index in [1.54, 1.807) is 14.7 Å². The summed E-state index contributed by atoms with van der Waals surface area (Å²) in [6.07, 6.45) is -5.80. The summed E-state index contributed by atoms with van der Waals surface area (Å²) in [6.45, 7) is 2.94. The van der Waals surface area contributed by atoms with E-state index in [4.69, 9.17) is 5.73 Å². The topological polar surface area (TPSA) is 105 Å². The zero-order valence-electron chi connectivity index (χ0n) is 29.5. The second-order valence-corrected chi connectivity index (χ2v) is 16.0. The van der Waals surface area contributed by atoms with Crippen LogP contribution >= 0.6 is 11.3 Å². The number of carbonyl (C=O) groups is 3. The van der Waals surface area contributed by atoms with Gasteiger partial charge < -0.3 is 30.7 Å². The first-order valence-corrected chi connectivity index (χ1v) is 19.2. The van der Waals surface area contributed by atoms with Crippen LogP contribution in [0, 0.1) is 5.92 Å². The highest BCUT2D eigenvalue weighted by molar-refractivity contribution is 7.08. The maximum absolute atomic E-state index is 14.2. The van der Waals surface area contributed by atoms with Crippen LogP contribution in [0.25, 0.3) is 0 Å². The second-order valence-electron chi connectivity index (χ2n) is 15.2. The monoisotopic (exact) mass is 769 g/mol. The number of hydrogen-bond acceptors (Lipinski definition) is 7. The van der Waals surface area contributed by atoms with Crippen molar-refractivity contribution in [1.29, 1.82) is 0 Å². The van der Waals surface area contributed by atoms with Gasteiger partial charge in [-0.25, -0.2) is 4.79 Å². The number of hydrogen-bond donors (Lipinski definition) is 2. The van der Waals surface area contributed by atoms with Crippen molar-refractivity contribution < 1.29 is 40.7 Å². The Bertz CT molecular complexity index is 1650. The summed E-state index contributed by atoms with van der Waals surface area (Å²) in [5.74, 6) is -2.07. The molecule has 5 aliphatic heterocycles. The quantitative estimate of drug-likeness (QED) is 0.276. The zero-order chi connectivity index (χ0) is 37.8. The first-order valence-electron chi connectivity index (χ1n) is 18.3. The molecule has 4 saturated heterocycles. The molecule has 2 unspecified atom stereocenters. The molecule has 4 amide bonds. The maximum Gasteiger partial charge on any atom is 0.418 e. The number of nitrogens with two attached hydrogens (primary N) is 1. The number of rotatable bonds is 7. The molecule has 0 saturated carbocycles. The van der Waals surface area contributed by atoms with Gasteiger partial charge in [0, 0.05) is 80.8 Å². The van der Waals surface area contributed by atoms with Crippen molar-refractivity contribution in [3.05, 3.63) is 45.1 Å². The third kappa shape index (κ3) is 7.84. The summed E-state index contributed by atoms with van der Waals surface area (Å²) in [6, 6.07) is 2.25. The molecule has 2 bridgehead atoms. The van der Waals surface area contributed by atoms with Gasteiger partial charge in [-0.3, -0.25) is 14.5 Å². The van der Waals surface area contributed by atoms with Gasteiger partial charge in [-0.15, -0.1) is 11.3 Å². The number of nitrogen functional groups attached to an aromatic ring is 1. The molecule has 290 valence electrons. The van der Waals surface area contributed by atoms with Crippen LogP contribution in [0.2, 0.25) is 0 Å². The summed E-state index contributed by atoms with van der Waals surface area (Å²) in [5.41, 5.74) is 2.15. The van der Waals surface area contributed by atoms with Gasteiger partial charge in [0.15, 0.2) is 0 Å². The van der Waals surface area contributed by atoms with E-state index < -0.39 is 53.3 Å². The van der Waals surface area contributed by atoms with E-state index in [-0.39, 0.29) is 24.1 Å². The molecule has 6 heterocycles. The van der Waals surface area contributed by atoms with Gasteiger partial charge >= 0.3 is 18.4 Å². The Labute approximate surface area is 308 Å². The summed E-state index contributed by atoms with van der Waals surface area (Å²) < 4.78 is 83.6. The molecule has 0 aliphatic carbocycles. The Morgan fingerprint density at radius 2 is 1.45 bits per heavy atom. The molecule has 0 radical (unpaired) electrons. The molecule has 5 aliphatic rings. The number of likely N-dealkylation sites (tertiary alicyclic amines) is 1. The molecule has 3 atom stereocenters. The number of benzene rings is 1. The van der Waals surface area contributed by atoms with Crippen LogP contribution < -0.4 is 11.1 Å². The molecule has 4 fully saturated rings. The van der Waals surface area contributed by atoms with Gasteiger partial charge in [0.2, 0.25) is 11.8 Å². The van der Waals surface area contributed by atoms with E-state index in [2.05, 4.69) is 22.2 Å². The Morgan fingerprint density at radius 3 is 2.04 bits per heavy atom. The van der Waals surface area contributed by atoms with Crippen molar-refractivity contribution in [2.24, 2.45) is 5.92 Å². The molecule has 17 heteroatoms. The number of halogens is 6. The summed E-state index contributed by atoms with van der Waals surface area (Å²) in [7, 11) is 2.17. The van der Waals surface area contributed by atoms with Gasteiger partial charge in [0.05, 0.1) is 35.0 Å². The molecule has 2 aromatic rings. The number of amides is 4. The lowest BCUT2D eigenvalue weighted by Gasteiger charge is -2.45. The molecule has 1 aromatic heterocycles. The lowest BCUT2D eigenvalue weighted by atomic mass is 9.90. The SMILES string of the molecule is CN1C2CCC1CC(N1CCN(C(=O)[C@H](CC(=O)N3CCC(N4Cc5cscc5NC4=O)CC3)Cc3cc(C(F)(F)F)c(N)c(C(F)(F)F)c3)CC1)C2. The van der Waals surface area contributed by atoms with Crippen LogP contribution in [0.3, 0.4) is 0 Å². The average Bonchev–Trinajstić information content (AvgIpc) is 3.63. The van der Waals surface area contributed by atoms with E-state index in [0.29, 0.717) is 88.9 Å². The molecule has 7 rings (SSSR count). The number of urea groups is 1. The molecule has 3 N–H and O–H groups in total. The van der Waals surface area contributed by atoms with Crippen LogP contribution in [0.15, 0.2) is 22.9 Å². The highest BCUT2D eigenvalue weighted by Gasteiger charge is 2.43. The fourth-order valence-electron chi connectivity index (χ4n) is 9.14. The Hall–Kier alpha value is -3.57. The fourth-order valence-corrected chi connectivity index (χ4v) is 9.92. The predicted octanol–water partition coefficient (Wildman–Crippen LogP) is 5.72. The molecular formula is C36H45F6N7O3S. The van der Waals surface area contributed by atoms with Gasteiger partial charge in [-0.1, -0.05) is 0 Å². The first kappa shape index (κ1) is 37.7. The van der Waals surface area contributed by atoms with Crippen LogP contribution in [0.5, 0.6) is 0 Å². The number of fused-ring (bicyclic) bond motifs is 3. The zero-order valence-corrected chi connectivity index (χ0v) is 30.3. The lowest BCUT2D eigenvalue weighted by Crippen LogP contribution is -2.56. The minimum atomic E-state index is -5.17. The second kappa shape index (κ2) is 14.6. The van der Waals surface area contributed by atoms with Crippen LogP contribution in [0.1, 0.15) is 67.2 Å². The molecule has 10 nitrogen and oxygen atoms in total. The Morgan fingerprint density at radius 1 is 0.849 bits per heavy atom. The van der Waals surface area contributed by atoms with Crippen molar-refractivity contribution in [2.75, 3.05) is 57.4 Å². The summed E-state index contributed by atoms with van der Waals surface area (Å²) in [5, 5.41) is 6.75. The van der Waals surface area contributed by atoms with Gasteiger partial charge in [0.25, 0.3) is 0 Å². The minimum absolute atomic E-state index is 0.128. The number of nitrogens with one attached hydrogen (secondary N) is 1. The number of thiophene rings is 1. The van der Waals surface area contributed by atoms with Gasteiger partial charge in [-0.2, -0.15) is 26.3 Å². The number of nitrogens with zero attached hydrogens (tertiary/aromatic N) is 5. The van der Waals surface area contributed by atoms with E-state index in [1.165, 1.54) is 24.2 Å².